The number of piperidine rings is 1. The van der Waals surface area contributed by atoms with Crippen molar-refractivity contribution in [1.29, 1.82) is 0 Å². The van der Waals surface area contributed by atoms with E-state index >= 15 is 0 Å². The van der Waals surface area contributed by atoms with E-state index in [4.69, 9.17) is 4.74 Å². The molecule has 23 heavy (non-hydrogen) atoms. The molecular weight excluding hydrogens is 308 g/mol. The molecule has 120 valence electrons. The summed E-state index contributed by atoms with van der Waals surface area (Å²) in [5.41, 5.74) is 2.98. The quantitative estimate of drug-likeness (QED) is 0.720. The smallest absolute Gasteiger partial charge is 0.231 e. The van der Waals surface area contributed by atoms with Crippen LogP contribution in [0, 0.1) is 0 Å². The summed E-state index contributed by atoms with van der Waals surface area (Å²) in [7, 11) is 0. The molecule has 1 fully saturated rings. The lowest BCUT2D eigenvalue weighted by atomic mass is 10.1. The molecule has 0 N–H and O–H groups in total. The Kier molecular flexibility index (Phi) is 4.26. The average Bonchev–Trinajstić information content (AvgIpc) is 3.24. The fourth-order valence-corrected chi connectivity index (χ4v) is 3.65. The number of hydrogen-bond acceptors (Lipinski definition) is 5. The highest BCUT2D eigenvalue weighted by Gasteiger charge is 2.11. The largest absolute Gasteiger partial charge is 0.475 e. The number of aromatic nitrogens is 3. The average molecular weight is 328 g/mol. The Morgan fingerprint density at radius 3 is 2.87 bits per heavy atom. The molecule has 0 amide bonds. The highest BCUT2D eigenvalue weighted by Crippen LogP contribution is 2.23. The fraction of sp³-hybridized carbons (Fsp3) is 0.412. The van der Waals surface area contributed by atoms with Crippen molar-refractivity contribution in [3.63, 3.8) is 0 Å². The van der Waals surface area contributed by atoms with Crippen LogP contribution in [-0.2, 0) is 0 Å². The summed E-state index contributed by atoms with van der Waals surface area (Å²) in [4.78, 5) is 6.88. The molecule has 0 spiro atoms. The van der Waals surface area contributed by atoms with Crippen molar-refractivity contribution in [3.8, 4) is 17.1 Å². The van der Waals surface area contributed by atoms with E-state index in [0.29, 0.717) is 12.5 Å². The van der Waals surface area contributed by atoms with Crippen molar-refractivity contribution in [2.45, 2.75) is 19.3 Å². The first-order chi connectivity index (χ1) is 11.4. The molecular formula is C17H20N4OS. The van der Waals surface area contributed by atoms with Gasteiger partial charge in [-0.2, -0.15) is 11.3 Å². The normalized spacial score (nSPS) is 16.0. The van der Waals surface area contributed by atoms with Crippen molar-refractivity contribution >= 4 is 17.0 Å². The molecule has 0 saturated carbocycles. The van der Waals surface area contributed by atoms with E-state index in [-0.39, 0.29) is 0 Å². The Hall–Kier alpha value is -1.92. The third-order valence-electron chi connectivity index (χ3n) is 4.26. The molecule has 3 aromatic heterocycles. The molecule has 0 radical (unpaired) electrons. The molecule has 0 bridgehead atoms. The minimum Gasteiger partial charge on any atom is -0.475 e. The second-order valence-electron chi connectivity index (χ2n) is 5.85. The second kappa shape index (κ2) is 6.68. The zero-order chi connectivity index (χ0) is 15.5. The summed E-state index contributed by atoms with van der Waals surface area (Å²) in [5, 5.41) is 8.76. The van der Waals surface area contributed by atoms with Gasteiger partial charge in [-0.05, 0) is 43.4 Å². The van der Waals surface area contributed by atoms with Gasteiger partial charge in [0.15, 0.2) is 5.65 Å². The van der Waals surface area contributed by atoms with E-state index in [2.05, 4.69) is 31.8 Å². The van der Waals surface area contributed by atoms with Crippen LogP contribution in [0.4, 0.5) is 0 Å². The molecule has 0 atom stereocenters. The van der Waals surface area contributed by atoms with Crippen molar-refractivity contribution < 1.29 is 4.74 Å². The van der Waals surface area contributed by atoms with E-state index in [1.165, 1.54) is 32.4 Å². The first-order valence-electron chi connectivity index (χ1n) is 8.13. The van der Waals surface area contributed by atoms with Crippen molar-refractivity contribution in [2.75, 3.05) is 26.2 Å². The van der Waals surface area contributed by atoms with Crippen molar-refractivity contribution in [3.05, 3.63) is 35.2 Å². The molecule has 5 nitrogen and oxygen atoms in total. The lowest BCUT2D eigenvalue weighted by Gasteiger charge is -2.25. The highest BCUT2D eigenvalue weighted by molar-refractivity contribution is 7.08. The van der Waals surface area contributed by atoms with Crippen molar-refractivity contribution in [1.82, 2.24) is 19.5 Å². The van der Waals surface area contributed by atoms with Gasteiger partial charge < -0.3 is 4.74 Å². The van der Waals surface area contributed by atoms with Crippen LogP contribution in [0.5, 0.6) is 5.88 Å². The van der Waals surface area contributed by atoms with Gasteiger partial charge in [0.25, 0.3) is 0 Å². The highest BCUT2D eigenvalue weighted by atomic mass is 32.1. The van der Waals surface area contributed by atoms with Gasteiger partial charge in [-0.25, -0.2) is 9.50 Å². The maximum atomic E-state index is 5.86. The minimum absolute atomic E-state index is 0.656. The molecule has 1 aliphatic heterocycles. The fourth-order valence-electron chi connectivity index (χ4n) is 3.00. The number of hydrogen-bond donors (Lipinski definition) is 0. The molecule has 1 saturated heterocycles. The Morgan fingerprint density at radius 2 is 2.04 bits per heavy atom. The van der Waals surface area contributed by atoms with E-state index in [1.54, 1.807) is 11.3 Å². The van der Waals surface area contributed by atoms with Gasteiger partial charge in [-0.15, -0.1) is 5.10 Å². The van der Waals surface area contributed by atoms with Crippen molar-refractivity contribution in [2.24, 2.45) is 0 Å². The maximum absolute atomic E-state index is 5.86. The molecule has 0 aromatic carbocycles. The number of ether oxygens (including phenoxy) is 1. The van der Waals surface area contributed by atoms with Gasteiger partial charge in [0.1, 0.15) is 6.61 Å². The lowest BCUT2D eigenvalue weighted by molar-refractivity contribution is 0.179. The first kappa shape index (κ1) is 14.7. The van der Waals surface area contributed by atoms with E-state index in [1.807, 2.05) is 22.8 Å². The Balaban J connectivity index is 1.46. The van der Waals surface area contributed by atoms with Gasteiger partial charge in [0.2, 0.25) is 5.88 Å². The van der Waals surface area contributed by atoms with Crippen LogP contribution in [0.1, 0.15) is 19.3 Å². The van der Waals surface area contributed by atoms with E-state index < -0.39 is 0 Å². The molecule has 0 aliphatic carbocycles. The maximum Gasteiger partial charge on any atom is 0.231 e. The van der Waals surface area contributed by atoms with Gasteiger partial charge in [-0.3, -0.25) is 4.90 Å². The van der Waals surface area contributed by atoms with Gasteiger partial charge in [0.05, 0.1) is 11.9 Å². The van der Waals surface area contributed by atoms with E-state index in [0.717, 1.165) is 23.4 Å². The van der Waals surface area contributed by atoms with Crippen LogP contribution in [0.25, 0.3) is 16.9 Å². The SMILES string of the molecule is c1cc(-c2cnc3ccc(OCCN4CCCCC4)nn23)cs1. The Bertz CT molecular complexity index is 762. The number of likely N-dealkylation sites (tertiary alicyclic amines) is 1. The molecule has 3 aromatic rings. The topological polar surface area (TPSA) is 42.7 Å². The Morgan fingerprint density at radius 1 is 1.13 bits per heavy atom. The molecule has 1 aliphatic rings. The second-order valence-corrected chi connectivity index (χ2v) is 6.63. The molecule has 6 heteroatoms. The minimum atomic E-state index is 0.656. The van der Waals surface area contributed by atoms with Crippen LogP contribution in [0.3, 0.4) is 0 Å². The first-order valence-corrected chi connectivity index (χ1v) is 9.07. The summed E-state index contributed by atoms with van der Waals surface area (Å²) in [6.45, 7) is 4.04. The Labute approximate surface area is 139 Å². The number of fused-ring (bicyclic) bond motifs is 1. The van der Waals surface area contributed by atoms with E-state index in [9.17, 15) is 0 Å². The van der Waals surface area contributed by atoms with Crippen LogP contribution in [0.2, 0.25) is 0 Å². The lowest BCUT2D eigenvalue weighted by Crippen LogP contribution is -2.33. The number of rotatable bonds is 5. The van der Waals surface area contributed by atoms with Gasteiger partial charge in [-0.1, -0.05) is 6.42 Å². The monoisotopic (exact) mass is 328 g/mol. The predicted octanol–water partition coefficient (Wildman–Crippen LogP) is 3.32. The summed E-state index contributed by atoms with van der Waals surface area (Å²) < 4.78 is 7.72. The third kappa shape index (κ3) is 3.23. The third-order valence-corrected chi connectivity index (χ3v) is 4.94. The van der Waals surface area contributed by atoms with Crippen LogP contribution >= 0.6 is 11.3 Å². The standard InChI is InChI=1S/C17H20N4OS/c1-2-7-20(8-3-1)9-10-22-17-5-4-16-18-12-15(21(16)19-17)14-6-11-23-13-14/h4-6,11-13H,1-3,7-10H2. The summed E-state index contributed by atoms with van der Waals surface area (Å²) in [6.07, 6.45) is 5.84. The summed E-state index contributed by atoms with van der Waals surface area (Å²) in [6, 6.07) is 5.94. The summed E-state index contributed by atoms with van der Waals surface area (Å²) >= 11 is 1.67. The van der Waals surface area contributed by atoms with Crippen LogP contribution in [-0.4, -0.2) is 45.7 Å². The zero-order valence-electron chi connectivity index (χ0n) is 13.0. The van der Waals surface area contributed by atoms with Gasteiger partial charge >= 0.3 is 0 Å². The molecule has 0 unspecified atom stereocenters. The van der Waals surface area contributed by atoms with Crippen LogP contribution < -0.4 is 4.74 Å². The van der Waals surface area contributed by atoms with Crippen LogP contribution in [0.15, 0.2) is 35.2 Å². The predicted molar refractivity (Wildman–Crippen MR) is 92.1 cm³/mol. The summed E-state index contributed by atoms with van der Waals surface area (Å²) in [5.74, 6) is 0.656. The van der Waals surface area contributed by atoms with Gasteiger partial charge in [0, 0.05) is 23.6 Å². The number of nitrogens with zero attached hydrogens (tertiary/aromatic N) is 4. The molecule has 4 rings (SSSR count). The molecule has 4 heterocycles. The number of thiophene rings is 1. The zero-order valence-corrected chi connectivity index (χ0v) is 13.8. The number of imidazole rings is 1.